The summed E-state index contributed by atoms with van der Waals surface area (Å²) in [5, 5.41) is 0.576. The Labute approximate surface area is 139 Å². The summed E-state index contributed by atoms with van der Waals surface area (Å²) in [5.41, 5.74) is 2.38. The largest absolute Gasteiger partial charge is 0.244 e. The summed E-state index contributed by atoms with van der Waals surface area (Å²) in [4.78, 5) is 8.21. The summed E-state index contributed by atoms with van der Waals surface area (Å²) in [6.45, 7) is 2.36. The van der Waals surface area contributed by atoms with Gasteiger partial charge in [0.1, 0.15) is 11.2 Å². The zero-order valence-electron chi connectivity index (χ0n) is 11.8. The van der Waals surface area contributed by atoms with Crippen molar-refractivity contribution in [3.05, 3.63) is 51.5 Å². The minimum atomic E-state index is -3.69. The van der Waals surface area contributed by atoms with Crippen molar-refractivity contribution in [2.45, 2.75) is 24.8 Å². The number of halogens is 2. The van der Waals surface area contributed by atoms with Crippen LogP contribution in [-0.4, -0.2) is 29.2 Å². The van der Waals surface area contributed by atoms with E-state index >= 15 is 0 Å². The maximum atomic E-state index is 12.8. The maximum absolute atomic E-state index is 12.8. The molecule has 0 bridgehead atoms. The highest BCUT2D eigenvalue weighted by Crippen LogP contribution is 2.32. The average molecular weight is 358 g/mol. The van der Waals surface area contributed by atoms with Gasteiger partial charge < -0.3 is 0 Å². The molecule has 1 aliphatic heterocycles. The molecule has 1 aromatic carbocycles. The van der Waals surface area contributed by atoms with Crippen molar-refractivity contribution in [3.8, 4) is 0 Å². The van der Waals surface area contributed by atoms with E-state index < -0.39 is 10.0 Å². The van der Waals surface area contributed by atoms with E-state index in [1.54, 1.807) is 13.1 Å². The molecule has 116 valence electrons. The number of benzene rings is 1. The topological polar surface area (TPSA) is 63.2 Å². The van der Waals surface area contributed by atoms with E-state index in [9.17, 15) is 8.42 Å². The number of hydrogen-bond donors (Lipinski definition) is 0. The van der Waals surface area contributed by atoms with Crippen LogP contribution in [0.5, 0.6) is 0 Å². The lowest BCUT2D eigenvalue weighted by Crippen LogP contribution is -2.36. The first-order valence-electron chi connectivity index (χ1n) is 6.63. The number of fused-ring (bicyclic) bond motifs is 1. The molecule has 0 amide bonds. The first-order chi connectivity index (χ1) is 10.4. The highest BCUT2D eigenvalue weighted by atomic mass is 35.5. The Morgan fingerprint density at radius 3 is 2.77 bits per heavy atom. The third-order valence-corrected chi connectivity index (χ3v) is 6.37. The second-order valence-corrected chi connectivity index (χ2v) is 7.84. The Bertz CT molecular complexity index is 840. The molecule has 0 saturated carbocycles. The van der Waals surface area contributed by atoms with Crippen LogP contribution in [0.1, 0.15) is 16.8 Å². The molecule has 1 aromatic heterocycles. The highest BCUT2D eigenvalue weighted by Gasteiger charge is 2.30. The van der Waals surface area contributed by atoms with Gasteiger partial charge in [0.05, 0.1) is 5.02 Å². The molecule has 22 heavy (non-hydrogen) atoms. The number of hydrogen-bond acceptors (Lipinski definition) is 4. The van der Waals surface area contributed by atoms with E-state index in [0.717, 1.165) is 11.3 Å². The van der Waals surface area contributed by atoms with Crippen LogP contribution in [-0.2, 0) is 23.0 Å². The number of rotatable bonds is 2. The zero-order chi connectivity index (χ0) is 15.9. The highest BCUT2D eigenvalue weighted by molar-refractivity contribution is 7.89. The van der Waals surface area contributed by atoms with Gasteiger partial charge in [-0.05, 0) is 24.6 Å². The lowest BCUT2D eigenvalue weighted by molar-refractivity contribution is 0.387. The number of aromatic nitrogens is 2. The maximum Gasteiger partial charge on any atom is 0.244 e. The Morgan fingerprint density at radius 2 is 2.00 bits per heavy atom. The van der Waals surface area contributed by atoms with Crippen LogP contribution in [0.25, 0.3) is 0 Å². The minimum Gasteiger partial charge on any atom is -0.244 e. The van der Waals surface area contributed by atoms with Gasteiger partial charge >= 0.3 is 0 Å². The van der Waals surface area contributed by atoms with E-state index in [2.05, 4.69) is 9.97 Å². The van der Waals surface area contributed by atoms with E-state index in [0.29, 0.717) is 23.6 Å². The number of aryl methyl sites for hydroxylation is 1. The van der Waals surface area contributed by atoms with Gasteiger partial charge in [-0.2, -0.15) is 4.31 Å². The summed E-state index contributed by atoms with van der Waals surface area (Å²) in [6, 6.07) is 2.98. The van der Waals surface area contributed by atoms with E-state index in [1.807, 2.05) is 0 Å². The van der Waals surface area contributed by atoms with Crippen LogP contribution < -0.4 is 0 Å². The molecule has 2 heterocycles. The summed E-state index contributed by atoms with van der Waals surface area (Å²) in [7, 11) is -3.69. The molecule has 1 aliphatic rings. The van der Waals surface area contributed by atoms with Crippen molar-refractivity contribution < 1.29 is 8.42 Å². The molecule has 0 aliphatic carbocycles. The van der Waals surface area contributed by atoms with Crippen molar-refractivity contribution in [2.75, 3.05) is 6.54 Å². The minimum absolute atomic E-state index is 0.0800. The third kappa shape index (κ3) is 2.72. The lowest BCUT2D eigenvalue weighted by atomic mass is 10.1. The van der Waals surface area contributed by atoms with Crippen molar-refractivity contribution in [2.24, 2.45) is 0 Å². The molecular formula is C14H13Cl2N3O2S. The normalized spacial score (nSPS) is 15.6. The number of sulfonamides is 1. The predicted molar refractivity (Wildman–Crippen MR) is 84.5 cm³/mol. The van der Waals surface area contributed by atoms with E-state index in [-0.39, 0.29) is 16.5 Å². The first-order valence-corrected chi connectivity index (χ1v) is 8.83. The predicted octanol–water partition coefficient (Wildman–Crippen LogP) is 2.84. The van der Waals surface area contributed by atoms with Gasteiger partial charge in [0.25, 0.3) is 0 Å². The molecule has 0 atom stereocenters. The molecule has 0 radical (unpaired) electrons. The van der Waals surface area contributed by atoms with Gasteiger partial charge in [0, 0.05) is 42.0 Å². The monoisotopic (exact) mass is 357 g/mol. The van der Waals surface area contributed by atoms with Crippen LogP contribution in [0, 0.1) is 6.92 Å². The van der Waals surface area contributed by atoms with E-state index in [4.69, 9.17) is 23.2 Å². The quantitative estimate of drug-likeness (QED) is 0.828. The molecule has 0 saturated heterocycles. The molecule has 0 N–H and O–H groups in total. The van der Waals surface area contributed by atoms with Crippen molar-refractivity contribution >= 4 is 33.2 Å². The second-order valence-electron chi connectivity index (χ2n) is 5.12. The van der Waals surface area contributed by atoms with Crippen LogP contribution in [0.3, 0.4) is 0 Å². The van der Waals surface area contributed by atoms with Crippen LogP contribution >= 0.6 is 23.2 Å². The molecule has 3 rings (SSSR count). The molecule has 0 fully saturated rings. The van der Waals surface area contributed by atoms with Gasteiger partial charge in [-0.1, -0.05) is 23.2 Å². The van der Waals surface area contributed by atoms with Crippen molar-refractivity contribution in [1.29, 1.82) is 0 Å². The van der Waals surface area contributed by atoms with Gasteiger partial charge in [-0.3, -0.25) is 0 Å². The number of nitrogens with zero attached hydrogens (tertiary/aromatic N) is 3. The third-order valence-electron chi connectivity index (χ3n) is 3.66. The van der Waals surface area contributed by atoms with Crippen molar-refractivity contribution in [1.82, 2.24) is 14.3 Å². The van der Waals surface area contributed by atoms with Crippen LogP contribution in [0.15, 0.2) is 29.6 Å². The molecular weight excluding hydrogens is 345 g/mol. The summed E-state index contributed by atoms with van der Waals surface area (Å²) < 4.78 is 27.1. The van der Waals surface area contributed by atoms with Crippen LogP contribution in [0.4, 0.5) is 0 Å². The van der Waals surface area contributed by atoms with Gasteiger partial charge in [-0.25, -0.2) is 18.4 Å². The summed E-state index contributed by atoms with van der Waals surface area (Å²) in [6.07, 6.45) is 3.68. The fourth-order valence-corrected chi connectivity index (χ4v) is 4.64. The Morgan fingerprint density at radius 1 is 1.23 bits per heavy atom. The summed E-state index contributed by atoms with van der Waals surface area (Å²) >= 11 is 12.1. The average Bonchev–Trinajstić information content (AvgIpc) is 2.50. The Balaban J connectivity index is 2.00. The zero-order valence-corrected chi connectivity index (χ0v) is 14.1. The Kier molecular flexibility index (Phi) is 4.11. The molecule has 0 unspecified atom stereocenters. The van der Waals surface area contributed by atoms with Gasteiger partial charge in [-0.15, -0.1) is 0 Å². The molecule has 2 aromatic rings. The second kappa shape index (κ2) is 5.77. The molecule has 8 heteroatoms. The fourth-order valence-electron chi connectivity index (χ4n) is 2.41. The van der Waals surface area contributed by atoms with Crippen LogP contribution in [0.2, 0.25) is 10.0 Å². The van der Waals surface area contributed by atoms with E-state index in [1.165, 1.54) is 22.8 Å². The lowest BCUT2D eigenvalue weighted by Gasteiger charge is -2.27. The molecule has 0 spiro atoms. The first kappa shape index (κ1) is 15.7. The summed E-state index contributed by atoms with van der Waals surface area (Å²) in [5.74, 6) is 0. The standard InChI is InChI=1S/C14H13Cl2N3O2S/c1-9-4-14(12(16)5-11(9)15)22(20,21)19-3-2-13-10(7-19)6-17-8-18-13/h4-6,8H,2-3,7H2,1H3. The fraction of sp³-hybridized carbons (Fsp3) is 0.286. The molecule has 5 nitrogen and oxygen atoms in total. The van der Waals surface area contributed by atoms with Gasteiger partial charge in [0.2, 0.25) is 10.0 Å². The van der Waals surface area contributed by atoms with Gasteiger partial charge in [0.15, 0.2) is 0 Å². The Hall–Kier alpha value is -1.21. The van der Waals surface area contributed by atoms with Crippen molar-refractivity contribution in [3.63, 3.8) is 0 Å². The smallest absolute Gasteiger partial charge is 0.244 e. The SMILES string of the molecule is Cc1cc(S(=O)(=O)N2CCc3ncncc3C2)c(Cl)cc1Cl.